The first kappa shape index (κ1) is 15.3. The van der Waals surface area contributed by atoms with Gasteiger partial charge < -0.3 is 14.8 Å². The monoisotopic (exact) mass is 269 g/mol. The van der Waals surface area contributed by atoms with Crippen molar-refractivity contribution in [2.75, 3.05) is 26.4 Å². The van der Waals surface area contributed by atoms with Gasteiger partial charge in [0.15, 0.2) is 0 Å². The second-order valence-corrected chi connectivity index (χ2v) is 6.20. The summed E-state index contributed by atoms with van der Waals surface area (Å²) in [5.74, 6) is 1.76. The van der Waals surface area contributed by atoms with Gasteiger partial charge in [0.1, 0.15) is 0 Å². The highest BCUT2D eigenvalue weighted by Gasteiger charge is 2.32. The standard InChI is InChI=1S/C16H31NO2/c1-3-17-15(9-13-5-7-18-8-6-13)10-14-11-16(12-14)19-4-2/h13-17H,3-12H2,1-2H3. The third-order valence-electron chi connectivity index (χ3n) is 4.66. The molecule has 1 unspecified atom stereocenters. The maximum atomic E-state index is 5.66. The molecule has 0 amide bonds. The number of ether oxygens (including phenoxy) is 2. The largest absolute Gasteiger partial charge is 0.381 e. The first-order chi connectivity index (χ1) is 9.31. The Morgan fingerprint density at radius 3 is 2.42 bits per heavy atom. The number of hydrogen-bond acceptors (Lipinski definition) is 3. The zero-order chi connectivity index (χ0) is 13.5. The molecule has 1 aliphatic heterocycles. The van der Waals surface area contributed by atoms with Crippen LogP contribution in [0.15, 0.2) is 0 Å². The molecule has 2 fully saturated rings. The fraction of sp³-hybridized carbons (Fsp3) is 1.00. The van der Waals surface area contributed by atoms with E-state index >= 15 is 0 Å². The van der Waals surface area contributed by atoms with Crippen LogP contribution in [-0.4, -0.2) is 38.5 Å². The van der Waals surface area contributed by atoms with E-state index in [9.17, 15) is 0 Å². The van der Waals surface area contributed by atoms with Crippen LogP contribution >= 0.6 is 0 Å². The van der Waals surface area contributed by atoms with Crippen LogP contribution in [0.1, 0.15) is 52.4 Å². The van der Waals surface area contributed by atoms with Gasteiger partial charge in [0.05, 0.1) is 6.10 Å². The molecule has 1 atom stereocenters. The maximum absolute atomic E-state index is 5.66. The molecule has 1 saturated heterocycles. The van der Waals surface area contributed by atoms with E-state index in [1.165, 1.54) is 38.5 Å². The van der Waals surface area contributed by atoms with Gasteiger partial charge in [0.25, 0.3) is 0 Å². The van der Waals surface area contributed by atoms with Crippen molar-refractivity contribution >= 4 is 0 Å². The molecular formula is C16H31NO2. The van der Waals surface area contributed by atoms with Crippen LogP contribution in [-0.2, 0) is 9.47 Å². The van der Waals surface area contributed by atoms with Crippen LogP contribution < -0.4 is 5.32 Å². The normalized spacial score (nSPS) is 30.0. The summed E-state index contributed by atoms with van der Waals surface area (Å²) in [5.41, 5.74) is 0. The second kappa shape index (κ2) is 8.23. The Morgan fingerprint density at radius 2 is 1.79 bits per heavy atom. The predicted octanol–water partition coefficient (Wildman–Crippen LogP) is 2.99. The van der Waals surface area contributed by atoms with Crippen molar-refractivity contribution < 1.29 is 9.47 Å². The van der Waals surface area contributed by atoms with Gasteiger partial charge in [-0.05, 0) is 63.8 Å². The van der Waals surface area contributed by atoms with Crippen LogP contribution in [0.4, 0.5) is 0 Å². The van der Waals surface area contributed by atoms with E-state index in [4.69, 9.17) is 9.47 Å². The Bertz CT molecular complexity index is 235. The summed E-state index contributed by atoms with van der Waals surface area (Å²) in [6, 6.07) is 0.709. The molecule has 0 aromatic rings. The molecule has 1 saturated carbocycles. The summed E-state index contributed by atoms with van der Waals surface area (Å²) in [4.78, 5) is 0. The van der Waals surface area contributed by atoms with Crippen LogP contribution in [0, 0.1) is 11.8 Å². The number of hydrogen-bond donors (Lipinski definition) is 1. The van der Waals surface area contributed by atoms with Crippen molar-refractivity contribution in [3.8, 4) is 0 Å². The molecule has 1 aliphatic carbocycles. The Labute approximate surface area is 118 Å². The lowest BCUT2D eigenvalue weighted by Crippen LogP contribution is -2.39. The quantitative estimate of drug-likeness (QED) is 0.735. The molecule has 112 valence electrons. The summed E-state index contributed by atoms with van der Waals surface area (Å²) in [7, 11) is 0. The van der Waals surface area contributed by atoms with Gasteiger partial charge in [0.2, 0.25) is 0 Å². The molecule has 0 aromatic carbocycles. The first-order valence-corrected chi connectivity index (χ1v) is 8.24. The molecular weight excluding hydrogens is 238 g/mol. The molecule has 0 radical (unpaired) electrons. The molecule has 3 heteroatoms. The Hall–Kier alpha value is -0.120. The minimum absolute atomic E-state index is 0.556. The molecule has 2 aliphatic rings. The van der Waals surface area contributed by atoms with E-state index in [2.05, 4.69) is 19.2 Å². The van der Waals surface area contributed by atoms with E-state index in [0.717, 1.165) is 38.2 Å². The SMILES string of the molecule is CCNC(CC1CCOCC1)CC1CC(OCC)C1. The molecule has 0 spiro atoms. The lowest BCUT2D eigenvalue weighted by Gasteiger charge is -2.38. The Balaban J connectivity index is 1.67. The molecule has 0 aromatic heterocycles. The lowest BCUT2D eigenvalue weighted by molar-refractivity contribution is -0.0302. The first-order valence-electron chi connectivity index (χ1n) is 8.24. The fourth-order valence-electron chi connectivity index (χ4n) is 3.58. The molecule has 19 heavy (non-hydrogen) atoms. The van der Waals surface area contributed by atoms with Gasteiger partial charge in [-0.3, -0.25) is 0 Å². The topological polar surface area (TPSA) is 30.5 Å². The lowest BCUT2D eigenvalue weighted by atomic mass is 9.76. The van der Waals surface area contributed by atoms with E-state index in [1.54, 1.807) is 0 Å². The molecule has 1 heterocycles. The van der Waals surface area contributed by atoms with Gasteiger partial charge >= 0.3 is 0 Å². The second-order valence-electron chi connectivity index (χ2n) is 6.20. The minimum atomic E-state index is 0.556. The van der Waals surface area contributed by atoms with E-state index < -0.39 is 0 Å². The average molecular weight is 269 g/mol. The van der Waals surface area contributed by atoms with Crippen molar-refractivity contribution in [3.05, 3.63) is 0 Å². The summed E-state index contributed by atoms with van der Waals surface area (Å²) < 4.78 is 11.1. The fourth-order valence-corrected chi connectivity index (χ4v) is 3.58. The number of rotatable bonds is 8. The van der Waals surface area contributed by atoms with Gasteiger partial charge in [0, 0.05) is 25.9 Å². The van der Waals surface area contributed by atoms with E-state index in [0.29, 0.717) is 12.1 Å². The van der Waals surface area contributed by atoms with Gasteiger partial charge in [-0.1, -0.05) is 6.92 Å². The third-order valence-corrected chi connectivity index (χ3v) is 4.66. The Morgan fingerprint density at radius 1 is 1.11 bits per heavy atom. The summed E-state index contributed by atoms with van der Waals surface area (Å²) in [6.45, 7) is 8.23. The Kier molecular flexibility index (Phi) is 6.62. The minimum Gasteiger partial charge on any atom is -0.381 e. The van der Waals surface area contributed by atoms with Crippen LogP contribution in [0.25, 0.3) is 0 Å². The molecule has 1 N–H and O–H groups in total. The molecule has 0 bridgehead atoms. The highest BCUT2D eigenvalue weighted by molar-refractivity contribution is 4.85. The van der Waals surface area contributed by atoms with E-state index in [-0.39, 0.29) is 0 Å². The number of nitrogens with one attached hydrogen (secondary N) is 1. The third kappa shape index (κ3) is 5.05. The maximum Gasteiger partial charge on any atom is 0.0580 e. The van der Waals surface area contributed by atoms with Gasteiger partial charge in [-0.15, -0.1) is 0 Å². The smallest absolute Gasteiger partial charge is 0.0580 e. The zero-order valence-corrected chi connectivity index (χ0v) is 12.7. The van der Waals surface area contributed by atoms with Crippen molar-refractivity contribution in [3.63, 3.8) is 0 Å². The summed E-state index contributed by atoms with van der Waals surface area (Å²) >= 11 is 0. The predicted molar refractivity (Wildman–Crippen MR) is 78.4 cm³/mol. The molecule has 3 nitrogen and oxygen atoms in total. The van der Waals surface area contributed by atoms with Crippen LogP contribution in [0.3, 0.4) is 0 Å². The van der Waals surface area contributed by atoms with Crippen LogP contribution in [0.5, 0.6) is 0 Å². The van der Waals surface area contributed by atoms with Crippen molar-refractivity contribution in [1.82, 2.24) is 5.32 Å². The average Bonchev–Trinajstić information content (AvgIpc) is 2.38. The highest BCUT2D eigenvalue weighted by atomic mass is 16.5. The summed E-state index contributed by atoms with van der Waals surface area (Å²) in [5, 5.41) is 3.69. The van der Waals surface area contributed by atoms with Crippen molar-refractivity contribution in [2.45, 2.75) is 64.5 Å². The molecule has 2 rings (SSSR count). The highest BCUT2D eigenvalue weighted by Crippen LogP contribution is 2.35. The summed E-state index contributed by atoms with van der Waals surface area (Å²) in [6.07, 6.45) is 8.32. The zero-order valence-electron chi connectivity index (χ0n) is 12.7. The van der Waals surface area contributed by atoms with Gasteiger partial charge in [-0.2, -0.15) is 0 Å². The van der Waals surface area contributed by atoms with Crippen molar-refractivity contribution in [1.29, 1.82) is 0 Å². The van der Waals surface area contributed by atoms with Crippen LogP contribution in [0.2, 0.25) is 0 Å². The van der Waals surface area contributed by atoms with Crippen molar-refractivity contribution in [2.24, 2.45) is 11.8 Å². The van der Waals surface area contributed by atoms with Gasteiger partial charge in [-0.25, -0.2) is 0 Å². The van der Waals surface area contributed by atoms with E-state index in [1.807, 2.05) is 0 Å².